The third kappa shape index (κ3) is 3.37. The van der Waals surface area contributed by atoms with Crippen LogP contribution in [0.5, 0.6) is 0 Å². The average Bonchev–Trinajstić information content (AvgIpc) is 3.07. The minimum Gasteiger partial charge on any atom is -0.229 e. The van der Waals surface area contributed by atoms with Crippen molar-refractivity contribution in [2.24, 2.45) is 5.92 Å². The molecule has 0 radical (unpaired) electrons. The summed E-state index contributed by atoms with van der Waals surface area (Å²) in [5.41, 5.74) is 1.68. The molecule has 1 atom stereocenters. The van der Waals surface area contributed by atoms with E-state index in [0.717, 1.165) is 21.7 Å². The third-order valence-electron chi connectivity index (χ3n) is 3.54. The first-order chi connectivity index (χ1) is 11.8. The Balaban J connectivity index is 1.84. The van der Waals surface area contributed by atoms with Crippen molar-refractivity contribution in [3.05, 3.63) is 42.9 Å². The van der Waals surface area contributed by atoms with Crippen molar-refractivity contribution in [2.45, 2.75) is 17.9 Å². The van der Waals surface area contributed by atoms with Crippen molar-refractivity contribution in [2.75, 3.05) is 5.75 Å². The number of benzene rings is 1. The zero-order valence-electron chi connectivity index (χ0n) is 12.8. The molecule has 0 spiro atoms. The smallest absolute Gasteiger partial charge is 0.167 e. The molecular formula is C17H14N6S. The van der Waals surface area contributed by atoms with Crippen LogP contribution in [0.15, 0.2) is 47.9 Å². The van der Waals surface area contributed by atoms with E-state index in [1.54, 1.807) is 10.9 Å². The topological polar surface area (TPSA) is 91.2 Å². The lowest BCUT2D eigenvalue weighted by atomic mass is 10.1. The molecule has 0 aliphatic heterocycles. The molecule has 0 saturated carbocycles. The van der Waals surface area contributed by atoms with Gasteiger partial charge in [-0.2, -0.15) is 15.6 Å². The van der Waals surface area contributed by atoms with E-state index in [1.165, 1.54) is 18.1 Å². The molecule has 2 aromatic heterocycles. The molecule has 0 fully saturated rings. The summed E-state index contributed by atoms with van der Waals surface area (Å²) in [6.45, 7) is 0. The van der Waals surface area contributed by atoms with Crippen molar-refractivity contribution in [3.8, 4) is 17.8 Å². The van der Waals surface area contributed by atoms with Gasteiger partial charge in [0.1, 0.15) is 11.4 Å². The molecule has 0 N–H and O–H groups in total. The van der Waals surface area contributed by atoms with Crippen LogP contribution < -0.4 is 0 Å². The number of fused-ring (bicyclic) bond motifs is 1. The van der Waals surface area contributed by atoms with Crippen LogP contribution in [-0.4, -0.2) is 25.5 Å². The van der Waals surface area contributed by atoms with E-state index < -0.39 is 0 Å². The average molecular weight is 334 g/mol. The minimum atomic E-state index is -0.163. The van der Waals surface area contributed by atoms with E-state index in [9.17, 15) is 5.26 Å². The highest BCUT2D eigenvalue weighted by atomic mass is 32.2. The van der Waals surface area contributed by atoms with Gasteiger partial charge in [0, 0.05) is 12.2 Å². The molecule has 2 heterocycles. The maximum atomic E-state index is 9.17. The van der Waals surface area contributed by atoms with Gasteiger partial charge in [-0.05, 0) is 18.6 Å². The predicted molar refractivity (Wildman–Crippen MR) is 91.3 cm³/mol. The Hall–Kier alpha value is -2.90. The molecular weight excluding hydrogens is 320 g/mol. The van der Waals surface area contributed by atoms with Gasteiger partial charge in [-0.25, -0.2) is 14.6 Å². The number of thioether (sulfide) groups is 1. The van der Waals surface area contributed by atoms with Crippen LogP contribution in [-0.2, 0) is 0 Å². The third-order valence-corrected chi connectivity index (χ3v) is 4.71. The zero-order chi connectivity index (χ0) is 16.8. The fraction of sp³-hybridized carbons (Fsp3) is 0.235. The van der Waals surface area contributed by atoms with Gasteiger partial charge in [-0.15, -0.1) is 11.8 Å². The molecule has 0 bridgehead atoms. The van der Waals surface area contributed by atoms with E-state index in [-0.39, 0.29) is 5.92 Å². The Morgan fingerprint density at radius 3 is 2.75 bits per heavy atom. The Morgan fingerprint density at radius 2 is 2.00 bits per heavy atom. The van der Waals surface area contributed by atoms with Crippen molar-refractivity contribution in [1.82, 2.24) is 19.7 Å². The van der Waals surface area contributed by atoms with Gasteiger partial charge in [0.25, 0.3) is 0 Å². The molecule has 0 amide bonds. The molecule has 0 saturated heterocycles. The van der Waals surface area contributed by atoms with Crippen LogP contribution in [0.3, 0.4) is 0 Å². The van der Waals surface area contributed by atoms with Gasteiger partial charge in [-0.1, -0.05) is 18.2 Å². The van der Waals surface area contributed by atoms with Gasteiger partial charge < -0.3 is 0 Å². The van der Waals surface area contributed by atoms with Crippen LogP contribution in [0.4, 0.5) is 0 Å². The number of hydrogen-bond acceptors (Lipinski definition) is 6. The maximum Gasteiger partial charge on any atom is 0.167 e. The van der Waals surface area contributed by atoms with Crippen molar-refractivity contribution in [3.63, 3.8) is 0 Å². The summed E-state index contributed by atoms with van der Waals surface area (Å²) in [6.07, 6.45) is 4.24. The monoisotopic (exact) mass is 334 g/mol. The highest BCUT2D eigenvalue weighted by molar-refractivity contribution is 7.99. The van der Waals surface area contributed by atoms with E-state index in [0.29, 0.717) is 18.6 Å². The molecule has 7 heteroatoms. The second-order valence-electron chi connectivity index (χ2n) is 5.14. The predicted octanol–water partition coefficient (Wildman–Crippen LogP) is 3.35. The van der Waals surface area contributed by atoms with E-state index in [4.69, 9.17) is 5.26 Å². The van der Waals surface area contributed by atoms with E-state index >= 15 is 0 Å². The number of nitriles is 2. The van der Waals surface area contributed by atoms with Crippen LogP contribution in [0.2, 0.25) is 0 Å². The number of hydrogen-bond donors (Lipinski definition) is 0. The van der Waals surface area contributed by atoms with Gasteiger partial charge >= 0.3 is 0 Å². The number of rotatable bonds is 6. The van der Waals surface area contributed by atoms with Gasteiger partial charge in [0.05, 0.1) is 35.3 Å². The summed E-state index contributed by atoms with van der Waals surface area (Å²) in [6, 6.07) is 14.1. The normalized spacial score (nSPS) is 11.8. The van der Waals surface area contributed by atoms with Crippen LogP contribution in [0.25, 0.3) is 16.7 Å². The number of para-hydroxylation sites is 1. The summed E-state index contributed by atoms with van der Waals surface area (Å²) < 4.78 is 1.78. The van der Waals surface area contributed by atoms with E-state index in [1.807, 2.05) is 30.3 Å². The van der Waals surface area contributed by atoms with Crippen LogP contribution in [0.1, 0.15) is 12.8 Å². The molecule has 0 unspecified atom stereocenters. The molecule has 0 aliphatic carbocycles. The van der Waals surface area contributed by atoms with Crippen LogP contribution >= 0.6 is 11.8 Å². The second-order valence-corrected chi connectivity index (χ2v) is 6.15. The fourth-order valence-electron chi connectivity index (χ4n) is 2.30. The first-order valence-corrected chi connectivity index (χ1v) is 8.45. The summed E-state index contributed by atoms with van der Waals surface area (Å²) in [4.78, 5) is 8.67. The Kier molecular flexibility index (Phi) is 5.05. The molecule has 1 aromatic carbocycles. The lowest BCUT2D eigenvalue weighted by molar-refractivity contribution is 0.685. The van der Waals surface area contributed by atoms with Crippen molar-refractivity contribution >= 4 is 22.8 Å². The quantitative estimate of drug-likeness (QED) is 0.507. The van der Waals surface area contributed by atoms with Crippen molar-refractivity contribution in [1.29, 1.82) is 10.5 Å². The summed E-state index contributed by atoms with van der Waals surface area (Å²) in [7, 11) is 0. The lowest BCUT2D eigenvalue weighted by Crippen LogP contribution is -2.01. The SMILES string of the molecule is N#CCC[C@@H](C#N)CSc1ncnc2c1cnn2-c1ccccc1. The standard InChI is InChI=1S/C17H14N6S/c18-8-4-5-13(9-19)11-24-17-15-10-22-23(16(15)20-12-21-17)14-6-2-1-3-7-14/h1-3,6-7,10,12-13H,4-5,11H2/t13-/m0/s1. The van der Waals surface area contributed by atoms with E-state index in [2.05, 4.69) is 27.2 Å². The maximum absolute atomic E-state index is 9.17. The molecule has 0 aliphatic rings. The highest BCUT2D eigenvalue weighted by Crippen LogP contribution is 2.27. The summed E-state index contributed by atoms with van der Waals surface area (Å²) in [5.74, 6) is 0.435. The highest BCUT2D eigenvalue weighted by Gasteiger charge is 2.14. The minimum absolute atomic E-state index is 0.163. The number of aromatic nitrogens is 4. The van der Waals surface area contributed by atoms with Crippen molar-refractivity contribution < 1.29 is 0 Å². The molecule has 3 rings (SSSR count). The summed E-state index contributed by atoms with van der Waals surface area (Å²) >= 11 is 1.51. The fourth-order valence-corrected chi connectivity index (χ4v) is 3.32. The molecule has 118 valence electrons. The summed E-state index contributed by atoms with van der Waals surface area (Å²) in [5, 5.41) is 23.9. The Morgan fingerprint density at radius 1 is 1.17 bits per heavy atom. The molecule has 3 aromatic rings. The largest absolute Gasteiger partial charge is 0.229 e. The second kappa shape index (κ2) is 7.58. The van der Waals surface area contributed by atoms with Gasteiger partial charge in [-0.3, -0.25) is 0 Å². The Bertz CT molecular complexity index is 906. The lowest BCUT2D eigenvalue weighted by Gasteiger charge is -2.07. The molecule has 6 nitrogen and oxygen atoms in total. The first kappa shape index (κ1) is 16.0. The Labute approximate surface area is 143 Å². The number of nitrogens with zero attached hydrogens (tertiary/aromatic N) is 6. The van der Waals surface area contributed by atoms with Gasteiger partial charge in [0.2, 0.25) is 0 Å². The van der Waals surface area contributed by atoms with Gasteiger partial charge in [0.15, 0.2) is 5.65 Å². The van der Waals surface area contributed by atoms with Crippen LogP contribution in [0, 0.1) is 28.6 Å². The first-order valence-electron chi connectivity index (χ1n) is 7.47. The zero-order valence-corrected chi connectivity index (χ0v) is 13.6. The molecule has 24 heavy (non-hydrogen) atoms.